The summed E-state index contributed by atoms with van der Waals surface area (Å²) in [4.78, 5) is 6.66. The number of nitriles is 1. The number of aromatic nitrogens is 2. The van der Waals surface area contributed by atoms with Crippen molar-refractivity contribution in [1.82, 2.24) is 10.2 Å². The van der Waals surface area contributed by atoms with Gasteiger partial charge in [0.25, 0.3) is 0 Å². The lowest BCUT2D eigenvalue weighted by Gasteiger charge is -2.28. The monoisotopic (exact) mass is 367 g/mol. The van der Waals surface area contributed by atoms with Gasteiger partial charge in [0.1, 0.15) is 11.4 Å². The van der Waals surface area contributed by atoms with Gasteiger partial charge in [-0.3, -0.25) is 10.1 Å². The van der Waals surface area contributed by atoms with E-state index < -0.39 is 5.54 Å². The minimum absolute atomic E-state index is 0.468. The Morgan fingerprint density at radius 2 is 2.24 bits per heavy atom. The molecule has 1 aliphatic heterocycles. The average Bonchev–Trinajstić information content (AvgIpc) is 3.21. The lowest BCUT2D eigenvalue weighted by Crippen LogP contribution is -2.32. The number of benzene rings is 1. The highest BCUT2D eigenvalue weighted by molar-refractivity contribution is 7.16. The second kappa shape index (κ2) is 5.73. The highest BCUT2D eigenvalue weighted by atomic mass is 35.5. The molecular weight excluding hydrogens is 354 g/mol. The zero-order valence-corrected chi connectivity index (χ0v) is 14.9. The Balaban J connectivity index is 1.79. The molecular formula is C18H14ClN5S. The molecule has 0 aliphatic carbocycles. The molecule has 25 heavy (non-hydrogen) atoms. The number of amidine groups is 1. The maximum Gasteiger partial charge on any atom is 0.130 e. The second-order valence-electron chi connectivity index (χ2n) is 6.19. The molecule has 1 atom stereocenters. The van der Waals surface area contributed by atoms with E-state index in [0.717, 1.165) is 26.6 Å². The largest absolute Gasteiger partial charge is 0.383 e. The Labute approximate surface area is 153 Å². The van der Waals surface area contributed by atoms with E-state index in [1.54, 1.807) is 23.6 Å². The van der Waals surface area contributed by atoms with Crippen LogP contribution in [0.5, 0.6) is 0 Å². The summed E-state index contributed by atoms with van der Waals surface area (Å²) >= 11 is 8.13. The molecule has 0 amide bonds. The van der Waals surface area contributed by atoms with Gasteiger partial charge in [-0.25, -0.2) is 0 Å². The molecule has 0 bridgehead atoms. The normalized spacial score (nSPS) is 19.2. The fraction of sp³-hybridized carbons (Fsp3) is 0.167. The molecule has 0 unspecified atom stereocenters. The van der Waals surface area contributed by atoms with Crippen molar-refractivity contribution in [2.75, 3.05) is 0 Å². The highest BCUT2D eigenvalue weighted by Crippen LogP contribution is 2.45. The molecule has 0 spiro atoms. The lowest BCUT2D eigenvalue weighted by molar-refractivity contribution is 0.491. The van der Waals surface area contributed by atoms with Crippen molar-refractivity contribution in [3.8, 4) is 16.5 Å². The van der Waals surface area contributed by atoms with E-state index >= 15 is 0 Å². The summed E-state index contributed by atoms with van der Waals surface area (Å²) in [6, 6.07) is 11.6. The summed E-state index contributed by atoms with van der Waals surface area (Å²) < 4.78 is 0. The Morgan fingerprint density at radius 1 is 1.40 bits per heavy atom. The Morgan fingerprint density at radius 3 is 3.04 bits per heavy atom. The average molecular weight is 368 g/mol. The number of hydrogen-bond donors (Lipinski definition) is 2. The number of fused-ring (bicyclic) bond motifs is 1. The molecule has 3 aromatic rings. The van der Waals surface area contributed by atoms with Gasteiger partial charge < -0.3 is 5.73 Å². The van der Waals surface area contributed by atoms with Gasteiger partial charge in [-0.1, -0.05) is 23.7 Å². The van der Waals surface area contributed by atoms with Gasteiger partial charge in [-0.05, 0) is 30.7 Å². The van der Waals surface area contributed by atoms with Crippen LogP contribution < -0.4 is 5.73 Å². The minimum Gasteiger partial charge on any atom is -0.383 e. The molecule has 3 heterocycles. The van der Waals surface area contributed by atoms with Gasteiger partial charge in [0, 0.05) is 17.0 Å². The fourth-order valence-electron chi connectivity index (χ4n) is 3.13. The molecule has 5 nitrogen and oxygen atoms in total. The molecule has 0 fully saturated rings. The number of hydrogen-bond acceptors (Lipinski definition) is 5. The van der Waals surface area contributed by atoms with Crippen molar-refractivity contribution in [2.45, 2.75) is 18.9 Å². The quantitative estimate of drug-likeness (QED) is 0.720. The van der Waals surface area contributed by atoms with Crippen LogP contribution in [0.3, 0.4) is 0 Å². The number of H-pyrrole nitrogens is 1. The third-order valence-electron chi connectivity index (χ3n) is 4.33. The van der Waals surface area contributed by atoms with Crippen LogP contribution in [0.25, 0.3) is 10.4 Å². The number of thiophene rings is 1. The summed E-state index contributed by atoms with van der Waals surface area (Å²) in [6.45, 7) is 2.02. The Bertz CT molecular complexity index is 1040. The van der Waals surface area contributed by atoms with Gasteiger partial charge >= 0.3 is 0 Å². The highest BCUT2D eigenvalue weighted by Gasteiger charge is 2.36. The number of aromatic amines is 1. The standard InChI is InChI=1S/C18H14ClN5S/c1-18(7-14-12(9-22-24-14)17(21)23-18)16-13(19)6-15(25-16)11-4-2-3-10(5-11)8-20/h2-6,9H,7H2,1H3,(H2,21,23)(H,22,24)/t18-/m0/s1. The number of nitrogens with two attached hydrogens (primary N) is 1. The van der Waals surface area contributed by atoms with E-state index in [-0.39, 0.29) is 0 Å². The first kappa shape index (κ1) is 15.9. The van der Waals surface area contributed by atoms with Crippen LogP contribution in [-0.2, 0) is 12.0 Å². The van der Waals surface area contributed by atoms with Crippen LogP contribution in [0.4, 0.5) is 0 Å². The maximum atomic E-state index is 9.10. The summed E-state index contributed by atoms with van der Waals surface area (Å²) in [5, 5.41) is 16.8. The third-order valence-corrected chi connectivity index (χ3v) is 6.18. The minimum atomic E-state index is -0.545. The van der Waals surface area contributed by atoms with Gasteiger partial charge in [-0.15, -0.1) is 11.3 Å². The number of rotatable bonds is 2. The Kier molecular flexibility index (Phi) is 3.64. The van der Waals surface area contributed by atoms with E-state index in [2.05, 4.69) is 16.3 Å². The van der Waals surface area contributed by atoms with Crippen LogP contribution >= 0.6 is 22.9 Å². The van der Waals surface area contributed by atoms with E-state index in [4.69, 9.17) is 27.6 Å². The fourth-order valence-corrected chi connectivity index (χ4v) is 4.76. The van der Waals surface area contributed by atoms with Crippen molar-refractivity contribution in [3.63, 3.8) is 0 Å². The van der Waals surface area contributed by atoms with E-state index in [1.165, 1.54) is 0 Å². The van der Waals surface area contributed by atoms with Gasteiger partial charge in [0.2, 0.25) is 0 Å². The van der Waals surface area contributed by atoms with Crippen LogP contribution in [-0.4, -0.2) is 16.0 Å². The van der Waals surface area contributed by atoms with Crippen molar-refractivity contribution < 1.29 is 0 Å². The molecule has 124 valence electrons. The zero-order chi connectivity index (χ0) is 17.6. The summed E-state index contributed by atoms with van der Waals surface area (Å²) in [7, 11) is 0. The first-order valence-corrected chi connectivity index (χ1v) is 8.88. The van der Waals surface area contributed by atoms with Crippen molar-refractivity contribution in [2.24, 2.45) is 10.7 Å². The predicted octanol–water partition coefficient (Wildman–Crippen LogP) is 3.84. The molecule has 4 rings (SSSR count). The molecule has 7 heteroatoms. The molecule has 0 saturated heterocycles. The molecule has 1 aromatic carbocycles. The van der Waals surface area contributed by atoms with Crippen LogP contribution in [0.2, 0.25) is 5.02 Å². The second-order valence-corrected chi connectivity index (χ2v) is 7.65. The number of halogens is 1. The SMILES string of the molecule is C[C@@]1(c2sc(-c3cccc(C#N)c3)cc2Cl)Cc2[nH]ncc2C(N)=N1. The van der Waals surface area contributed by atoms with Crippen LogP contribution in [0.15, 0.2) is 41.5 Å². The van der Waals surface area contributed by atoms with Gasteiger partial charge in [0.05, 0.1) is 33.3 Å². The van der Waals surface area contributed by atoms with Crippen molar-refractivity contribution >= 4 is 28.8 Å². The smallest absolute Gasteiger partial charge is 0.130 e. The number of nitrogens with zero attached hydrogens (tertiary/aromatic N) is 3. The topological polar surface area (TPSA) is 90.8 Å². The van der Waals surface area contributed by atoms with Crippen LogP contribution in [0.1, 0.15) is 28.6 Å². The van der Waals surface area contributed by atoms with Gasteiger partial charge in [-0.2, -0.15) is 10.4 Å². The summed E-state index contributed by atoms with van der Waals surface area (Å²) in [5.41, 5.74) is 8.99. The van der Waals surface area contributed by atoms with E-state index in [1.807, 2.05) is 31.2 Å². The maximum absolute atomic E-state index is 9.10. The van der Waals surface area contributed by atoms with Gasteiger partial charge in [0.15, 0.2) is 0 Å². The van der Waals surface area contributed by atoms with Crippen molar-refractivity contribution in [3.05, 3.63) is 63.2 Å². The zero-order valence-electron chi connectivity index (χ0n) is 13.4. The predicted molar refractivity (Wildman–Crippen MR) is 99.8 cm³/mol. The van der Waals surface area contributed by atoms with Crippen molar-refractivity contribution in [1.29, 1.82) is 5.26 Å². The Hall–Kier alpha value is -2.62. The molecule has 2 aromatic heterocycles. The first-order valence-electron chi connectivity index (χ1n) is 7.68. The first-order chi connectivity index (χ1) is 12.0. The van der Waals surface area contributed by atoms with Crippen LogP contribution in [0, 0.1) is 11.3 Å². The molecule has 3 N–H and O–H groups in total. The van der Waals surface area contributed by atoms with E-state index in [9.17, 15) is 0 Å². The van der Waals surface area contributed by atoms with E-state index in [0.29, 0.717) is 22.8 Å². The number of nitrogens with one attached hydrogen (secondary N) is 1. The third kappa shape index (κ3) is 2.62. The number of aliphatic imine (C=N–C) groups is 1. The molecule has 0 radical (unpaired) electrons. The lowest BCUT2D eigenvalue weighted by atomic mass is 9.90. The summed E-state index contributed by atoms with van der Waals surface area (Å²) in [6.07, 6.45) is 2.35. The molecule has 1 aliphatic rings. The summed E-state index contributed by atoms with van der Waals surface area (Å²) in [5.74, 6) is 0.468. The molecule has 0 saturated carbocycles.